The van der Waals surface area contributed by atoms with Gasteiger partial charge in [-0.2, -0.15) is 0 Å². The van der Waals surface area contributed by atoms with Gasteiger partial charge in [0.2, 0.25) is 5.91 Å². The molecule has 0 aromatic heterocycles. The van der Waals surface area contributed by atoms with Gasteiger partial charge in [-0.3, -0.25) is 4.79 Å². The molecular weight excluding hydrogens is 271 g/mol. The number of carbonyl (C=O) groups excluding carboxylic acids is 1. The van der Waals surface area contributed by atoms with E-state index in [9.17, 15) is 18.0 Å². The second-order valence-electron chi connectivity index (χ2n) is 5.67. The number of carbonyl (C=O) groups is 1. The maximum absolute atomic E-state index is 12.2. The molecule has 0 atom stereocenters. The molecule has 112 valence electrons. The molecule has 0 heterocycles. The van der Waals surface area contributed by atoms with Crippen molar-refractivity contribution < 1.29 is 22.7 Å². The molecule has 0 bridgehead atoms. The highest BCUT2D eigenvalue weighted by atomic mass is 19.4. The molecule has 0 aliphatic carbocycles. The van der Waals surface area contributed by atoms with Gasteiger partial charge in [-0.1, -0.05) is 39.0 Å². The van der Waals surface area contributed by atoms with E-state index in [1.807, 2.05) is 20.8 Å². The second kappa shape index (κ2) is 6.15. The fourth-order valence-electron chi connectivity index (χ4n) is 1.61. The molecule has 0 saturated heterocycles. The number of ether oxygens (including phenoxy) is 1. The van der Waals surface area contributed by atoms with Crippen molar-refractivity contribution in [2.45, 2.75) is 40.1 Å². The zero-order valence-electron chi connectivity index (χ0n) is 11.7. The standard InChI is InChI=1S/C14H18F3NO2/c1-13(2,3)8-12(19)18-9-10-6-4-5-7-11(10)20-14(15,16)17/h4-7H,8-9H2,1-3H3,(H,18,19). The minimum absolute atomic E-state index is 0.00116. The number of hydrogen-bond donors (Lipinski definition) is 1. The van der Waals surface area contributed by atoms with Crippen molar-refractivity contribution >= 4 is 5.91 Å². The smallest absolute Gasteiger partial charge is 0.405 e. The van der Waals surface area contributed by atoms with Gasteiger partial charge in [-0.25, -0.2) is 0 Å². The Morgan fingerprint density at radius 3 is 2.35 bits per heavy atom. The minimum atomic E-state index is -4.74. The van der Waals surface area contributed by atoms with Gasteiger partial charge >= 0.3 is 6.36 Å². The molecule has 20 heavy (non-hydrogen) atoms. The fourth-order valence-corrected chi connectivity index (χ4v) is 1.61. The van der Waals surface area contributed by atoms with Crippen LogP contribution in [0.15, 0.2) is 24.3 Å². The lowest BCUT2D eigenvalue weighted by Crippen LogP contribution is -2.27. The van der Waals surface area contributed by atoms with Crippen LogP contribution in [-0.2, 0) is 11.3 Å². The molecule has 3 nitrogen and oxygen atoms in total. The van der Waals surface area contributed by atoms with Crippen molar-refractivity contribution in [1.29, 1.82) is 0 Å². The molecule has 1 rings (SSSR count). The molecule has 0 unspecified atom stereocenters. The van der Waals surface area contributed by atoms with E-state index in [1.54, 1.807) is 6.07 Å². The van der Waals surface area contributed by atoms with E-state index in [1.165, 1.54) is 18.2 Å². The predicted molar refractivity (Wildman–Crippen MR) is 69.0 cm³/mol. The van der Waals surface area contributed by atoms with Crippen LogP contribution in [0.5, 0.6) is 5.75 Å². The highest BCUT2D eigenvalue weighted by Gasteiger charge is 2.32. The van der Waals surface area contributed by atoms with Crippen molar-refractivity contribution in [1.82, 2.24) is 5.32 Å². The van der Waals surface area contributed by atoms with E-state index in [0.717, 1.165) is 0 Å². The lowest BCUT2D eigenvalue weighted by Gasteiger charge is -2.18. The summed E-state index contributed by atoms with van der Waals surface area (Å²) in [7, 11) is 0. The van der Waals surface area contributed by atoms with Crippen LogP contribution in [0.25, 0.3) is 0 Å². The number of rotatable bonds is 4. The number of amides is 1. The maximum atomic E-state index is 12.2. The van der Waals surface area contributed by atoms with Gasteiger partial charge < -0.3 is 10.1 Å². The maximum Gasteiger partial charge on any atom is 0.573 e. The largest absolute Gasteiger partial charge is 0.573 e. The molecule has 0 aliphatic heterocycles. The second-order valence-corrected chi connectivity index (χ2v) is 5.67. The average molecular weight is 289 g/mol. The van der Waals surface area contributed by atoms with Gasteiger partial charge in [0, 0.05) is 18.5 Å². The molecule has 0 radical (unpaired) electrons. The number of nitrogens with one attached hydrogen (secondary N) is 1. The number of benzene rings is 1. The van der Waals surface area contributed by atoms with Crippen molar-refractivity contribution in [3.63, 3.8) is 0 Å². The highest BCUT2D eigenvalue weighted by Crippen LogP contribution is 2.26. The minimum Gasteiger partial charge on any atom is -0.405 e. The first-order valence-corrected chi connectivity index (χ1v) is 6.17. The van der Waals surface area contributed by atoms with Crippen LogP contribution >= 0.6 is 0 Å². The monoisotopic (exact) mass is 289 g/mol. The highest BCUT2D eigenvalue weighted by molar-refractivity contribution is 5.76. The molecule has 0 fully saturated rings. The van der Waals surface area contributed by atoms with Crippen molar-refractivity contribution in [2.75, 3.05) is 0 Å². The molecule has 6 heteroatoms. The first kappa shape index (κ1) is 16.3. The molecular formula is C14H18F3NO2. The topological polar surface area (TPSA) is 38.3 Å². The van der Waals surface area contributed by atoms with E-state index in [4.69, 9.17) is 0 Å². The van der Waals surface area contributed by atoms with E-state index < -0.39 is 6.36 Å². The van der Waals surface area contributed by atoms with Crippen molar-refractivity contribution in [3.05, 3.63) is 29.8 Å². The lowest BCUT2D eigenvalue weighted by atomic mass is 9.92. The van der Waals surface area contributed by atoms with Crippen LogP contribution in [0.2, 0.25) is 0 Å². The summed E-state index contributed by atoms with van der Waals surface area (Å²) in [6.07, 6.45) is -4.44. The quantitative estimate of drug-likeness (QED) is 0.919. The third-order valence-electron chi connectivity index (χ3n) is 2.37. The Bertz CT molecular complexity index is 464. The van der Waals surface area contributed by atoms with Gasteiger partial charge in [-0.15, -0.1) is 13.2 Å². The summed E-state index contributed by atoms with van der Waals surface area (Å²) >= 11 is 0. The summed E-state index contributed by atoms with van der Waals surface area (Å²) in [5.41, 5.74) is 0.110. The number of hydrogen-bond acceptors (Lipinski definition) is 2. The summed E-state index contributed by atoms with van der Waals surface area (Å²) in [6, 6.07) is 5.74. The molecule has 0 spiro atoms. The van der Waals surface area contributed by atoms with Crippen LogP contribution in [0.1, 0.15) is 32.8 Å². The van der Waals surface area contributed by atoms with Crippen LogP contribution in [-0.4, -0.2) is 12.3 Å². The predicted octanol–water partition coefficient (Wildman–Crippen LogP) is 3.64. The molecule has 1 aromatic rings. The lowest BCUT2D eigenvalue weighted by molar-refractivity contribution is -0.274. The Hall–Kier alpha value is -1.72. The number of alkyl halides is 3. The molecule has 1 amide bonds. The van der Waals surface area contributed by atoms with E-state index in [2.05, 4.69) is 10.1 Å². The first-order valence-electron chi connectivity index (χ1n) is 6.17. The van der Waals surface area contributed by atoms with E-state index >= 15 is 0 Å². The first-order chi connectivity index (χ1) is 9.07. The molecule has 0 saturated carbocycles. The zero-order chi connectivity index (χ0) is 15.4. The summed E-state index contributed by atoms with van der Waals surface area (Å²) in [5, 5.41) is 2.60. The van der Waals surface area contributed by atoms with Gasteiger partial charge in [0.1, 0.15) is 5.75 Å². The summed E-state index contributed by atoms with van der Waals surface area (Å²) in [5.74, 6) is -0.504. The van der Waals surface area contributed by atoms with Crippen molar-refractivity contribution in [2.24, 2.45) is 5.41 Å². The van der Waals surface area contributed by atoms with Crippen molar-refractivity contribution in [3.8, 4) is 5.75 Å². The SMILES string of the molecule is CC(C)(C)CC(=O)NCc1ccccc1OC(F)(F)F. The van der Waals surface area contributed by atoms with Crippen LogP contribution < -0.4 is 10.1 Å². The molecule has 1 N–H and O–H groups in total. The Morgan fingerprint density at radius 2 is 1.80 bits per heavy atom. The van der Waals surface area contributed by atoms with E-state index in [0.29, 0.717) is 6.42 Å². The Labute approximate surface area is 116 Å². The third kappa shape index (κ3) is 6.45. The zero-order valence-corrected chi connectivity index (χ0v) is 11.7. The normalized spacial score (nSPS) is 12.1. The molecule has 0 aliphatic rings. The summed E-state index contributed by atoms with van der Waals surface area (Å²) in [6.45, 7) is 5.73. The van der Waals surface area contributed by atoms with Crippen LogP contribution in [0.3, 0.4) is 0 Å². The molecule has 1 aromatic carbocycles. The average Bonchev–Trinajstić information content (AvgIpc) is 2.23. The Morgan fingerprint density at radius 1 is 1.20 bits per heavy atom. The van der Waals surface area contributed by atoms with Gasteiger partial charge in [0.05, 0.1) is 0 Å². The number of halogens is 3. The van der Waals surface area contributed by atoms with Crippen LogP contribution in [0, 0.1) is 5.41 Å². The summed E-state index contributed by atoms with van der Waals surface area (Å²) in [4.78, 5) is 11.7. The van der Waals surface area contributed by atoms with E-state index in [-0.39, 0.29) is 29.2 Å². The van der Waals surface area contributed by atoms with Crippen LogP contribution in [0.4, 0.5) is 13.2 Å². The number of para-hydroxylation sites is 1. The Balaban J connectivity index is 2.67. The van der Waals surface area contributed by atoms with Gasteiger partial charge in [0.25, 0.3) is 0 Å². The summed E-state index contributed by atoms with van der Waals surface area (Å²) < 4.78 is 40.6. The van der Waals surface area contributed by atoms with Gasteiger partial charge in [0.15, 0.2) is 0 Å². The third-order valence-corrected chi connectivity index (χ3v) is 2.37. The van der Waals surface area contributed by atoms with Gasteiger partial charge in [-0.05, 0) is 11.5 Å². The fraction of sp³-hybridized carbons (Fsp3) is 0.500. The Kier molecular flexibility index (Phi) is 5.03.